The van der Waals surface area contributed by atoms with Crippen LogP contribution in [0.5, 0.6) is 5.75 Å². The first-order valence-electron chi connectivity index (χ1n) is 7.59. The number of hydrogen-bond donors (Lipinski definition) is 0. The molecule has 3 heteroatoms. The van der Waals surface area contributed by atoms with Crippen molar-refractivity contribution in [1.82, 2.24) is 4.90 Å². The molecule has 0 spiro atoms. The molecule has 1 aliphatic heterocycles. The van der Waals surface area contributed by atoms with Crippen LogP contribution in [-0.4, -0.2) is 31.1 Å². The van der Waals surface area contributed by atoms with Crippen LogP contribution in [-0.2, 0) is 6.42 Å². The highest BCUT2D eigenvalue weighted by Crippen LogP contribution is 2.16. The molecule has 1 aromatic rings. The number of rotatable bonds is 5. The van der Waals surface area contributed by atoms with Gasteiger partial charge >= 0.3 is 0 Å². The molecule has 1 aromatic carbocycles. The Morgan fingerprint density at radius 2 is 2.05 bits per heavy atom. The minimum absolute atomic E-state index is 0.465. The Morgan fingerprint density at radius 3 is 2.80 bits per heavy atom. The molecule has 0 saturated carbocycles. The molecule has 20 heavy (non-hydrogen) atoms. The summed E-state index contributed by atoms with van der Waals surface area (Å²) in [4.78, 5) is 2.51. The lowest BCUT2D eigenvalue weighted by Crippen LogP contribution is -2.29. The van der Waals surface area contributed by atoms with Gasteiger partial charge in [0, 0.05) is 6.54 Å². The number of benzene rings is 1. The van der Waals surface area contributed by atoms with Crippen molar-refractivity contribution in [2.24, 2.45) is 5.92 Å². The molecule has 1 heterocycles. The molecule has 2 rings (SSSR count). The van der Waals surface area contributed by atoms with Gasteiger partial charge in [0.1, 0.15) is 12.4 Å². The van der Waals surface area contributed by atoms with E-state index in [1.54, 1.807) is 0 Å². The summed E-state index contributed by atoms with van der Waals surface area (Å²) in [5.74, 6) is 1.77. The third kappa shape index (κ3) is 4.86. The molecule has 0 radical (unpaired) electrons. The van der Waals surface area contributed by atoms with E-state index in [-0.39, 0.29) is 0 Å². The fourth-order valence-corrected chi connectivity index (χ4v) is 2.63. The summed E-state index contributed by atoms with van der Waals surface area (Å²) < 4.78 is 5.78. The van der Waals surface area contributed by atoms with Crippen molar-refractivity contribution < 1.29 is 4.74 Å². The number of hydrogen-bond acceptors (Lipinski definition) is 3. The molecule has 1 aliphatic rings. The van der Waals surface area contributed by atoms with Gasteiger partial charge < -0.3 is 4.74 Å². The summed E-state index contributed by atoms with van der Waals surface area (Å²) in [5, 5.41) is 8.63. The molecule has 0 aromatic heterocycles. The molecular weight excluding hydrogens is 248 g/mol. The number of nitriles is 1. The first-order chi connectivity index (χ1) is 9.78. The lowest BCUT2D eigenvalue weighted by molar-refractivity contribution is 0.212. The highest BCUT2D eigenvalue weighted by atomic mass is 16.5. The molecule has 0 aliphatic carbocycles. The van der Waals surface area contributed by atoms with Crippen LogP contribution in [0.15, 0.2) is 24.3 Å². The molecule has 1 fully saturated rings. The van der Waals surface area contributed by atoms with Gasteiger partial charge in [-0.1, -0.05) is 19.1 Å². The SMILES string of the molecule is CC1CCCN(CCOc2ccc(CC#N)cc2)CC1. The zero-order chi connectivity index (χ0) is 14.2. The van der Waals surface area contributed by atoms with E-state index in [0.29, 0.717) is 6.42 Å². The Morgan fingerprint density at radius 1 is 1.25 bits per heavy atom. The van der Waals surface area contributed by atoms with Crippen LogP contribution in [0.25, 0.3) is 0 Å². The van der Waals surface area contributed by atoms with Crippen molar-refractivity contribution in [3.8, 4) is 11.8 Å². The summed E-state index contributed by atoms with van der Waals surface area (Å²) in [6.45, 7) is 6.50. The van der Waals surface area contributed by atoms with Crippen molar-refractivity contribution in [3.05, 3.63) is 29.8 Å². The van der Waals surface area contributed by atoms with Gasteiger partial charge in [0.05, 0.1) is 12.5 Å². The lowest BCUT2D eigenvalue weighted by Gasteiger charge is -2.20. The fraction of sp³-hybridized carbons (Fsp3) is 0.588. The van der Waals surface area contributed by atoms with Gasteiger partial charge in [0.15, 0.2) is 0 Å². The summed E-state index contributed by atoms with van der Waals surface area (Å²) in [5.41, 5.74) is 1.04. The lowest BCUT2D eigenvalue weighted by atomic mass is 10.0. The van der Waals surface area contributed by atoms with E-state index in [4.69, 9.17) is 10.00 Å². The maximum absolute atomic E-state index is 8.63. The van der Waals surface area contributed by atoms with Gasteiger partial charge in [-0.3, -0.25) is 4.90 Å². The largest absolute Gasteiger partial charge is 0.492 e. The molecule has 1 atom stereocenters. The van der Waals surface area contributed by atoms with Crippen molar-refractivity contribution in [2.75, 3.05) is 26.2 Å². The Bertz CT molecular complexity index is 435. The predicted octanol–water partition coefficient (Wildman–Crippen LogP) is 3.25. The van der Waals surface area contributed by atoms with Crippen LogP contribution < -0.4 is 4.74 Å². The number of nitrogens with zero attached hydrogens (tertiary/aromatic N) is 2. The Hall–Kier alpha value is -1.53. The normalized spacial score (nSPS) is 20.1. The van der Waals surface area contributed by atoms with Crippen LogP contribution >= 0.6 is 0 Å². The average Bonchev–Trinajstić information content (AvgIpc) is 2.66. The molecule has 0 bridgehead atoms. The number of likely N-dealkylation sites (tertiary alicyclic amines) is 1. The third-order valence-electron chi connectivity index (χ3n) is 3.99. The minimum Gasteiger partial charge on any atom is -0.492 e. The molecule has 3 nitrogen and oxygen atoms in total. The highest BCUT2D eigenvalue weighted by Gasteiger charge is 2.13. The second-order valence-electron chi connectivity index (χ2n) is 5.71. The number of ether oxygens (including phenoxy) is 1. The Labute approximate surface area is 122 Å². The van der Waals surface area contributed by atoms with Crippen LogP contribution in [0.4, 0.5) is 0 Å². The molecule has 0 N–H and O–H groups in total. The van der Waals surface area contributed by atoms with Crippen molar-refractivity contribution >= 4 is 0 Å². The quantitative estimate of drug-likeness (QED) is 0.825. The Kier molecular flexibility index (Phi) is 5.88. The van der Waals surface area contributed by atoms with Gasteiger partial charge in [0.25, 0.3) is 0 Å². The van der Waals surface area contributed by atoms with Gasteiger partial charge in [-0.25, -0.2) is 0 Å². The zero-order valence-electron chi connectivity index (χ0n) is 12.3. The monoisotopic (exact) mass is 272 g/mol. The summed E-state index contributed by atoms with van der Waals surface area (Å²) in [6, 6.07) is 9.99. The molecule has 1 saturated heterocycles. The summed E-state index contributed by atoms with van der Waals surface area (Å²) >= 11 is 0. The van der Waals surface area contributed by atoms with E-state index < -0.39 is 0 Å². The Balaban J connectivity index is 1.71. The van der Waals surface area contributed by atoms with Crippen LogP contribution in [0.1, 0.15) is 31.7 Å². The minimum atomic E-state index is 0.465. The molecule has 0 amide bonds. The van der Waals surface area contributed by atoms with Crippen molar-refractivity contribution in [3.63, 3.8) is 0 Å². The standard InChI is InChI=1S/C17H24N2O/c1-15-3-2-11-19(12-9-15)13-14-20-17-6-4-16(5-7-17)8-10-18/h4-7,15H,2-3,8-9,11-14H2,1H3. The third-order valence-corrected chi connectivity index (χ3v) is 3.99. The van der Waals surface area contributed by atoms with Crippen LogP contribution in [0.2, 0.25) is 0 Å². The van der Waals surface area contributed by atoms with Crippen LogP contribution in [0, 0.1) is 17.2 Å². The van der Waals surface area contributed by atoms with Gasteiger partial charge in [-0.2, -0.15) is 5.26 Å². The van der Waals surface area contributed by atoms with E-state index in [1.807, 2.05) is 24.3 Å². The average molecular weight is 272 g/mol. The molecular formula is C17H24N2O. The zero-order valence-corrected chi connectivity index (χ0v) is 12.3. The summed E-state index contributed by atoms with van der Waals surface area (Å²) in [7, 11) is 0. The maximum atomic E-state index is 8.63. The second-order valence-corrected chi connectivity index (χ2v) is 5.71. The van der Waals surface area contributed by atoms with Gasteiger partial charge in [0.2, 0.25) is 0 Å². The molecule has 108 valence electrons. The van der Waals surface area contributed by atoms with E-state index in [1.165, 1.54) is 32.4 Å². The van der Waals surface area contributed by atoms with Crippen molar-refractivity contribution in [2.45, 2.75) is 32.6 Å². The highest BCUT2D eigenvalue weighted by molar-refractivity contribution is 5.28. The predicted molar refractivity (Wildman–Crippen MR) is 80.7 cm³/mol. The van der Waals surface area contributed by atoms with E-state index in [2.05, 4.69) is 17.9 Å². The smallest absolute Gasteiger partial charge is 0.119 e. The van der Waals surface area contributed by atoms with Crippen LogP contribution in [0.3, 0.4) is 0 Å². The van der Waals surface area contributed by atoms with E-state index in [0.717, 1.165) is 30.4 Å². The summed E-state index contributed by atoms with van der Waals surface area (Å²) in [6.07, 6.45) is 4.44. The van der Waals surface area contributed by atoms with E-state index in [9.17, 15) is 0 Å². The van der Waals surface area contributed by atoms with Gasteiger partial charge in [-0.05, 0) is 56.0 Å². The van der Waals surface area contributed by atoms with E-state index >= 15 is 0 Å². The first-order valence-corrected chi connectivity index (χ1v) is 7.59. The van der Waals surface area contributed by atoms with Crippen molar-refractivity contribution in [1.29, 1.82) is 5.26 Å². The maximum Gasteiger partial charge on any atom is 0.119 e. The second kappa shape index (κ2) is 7.91. The first kappa shape index (κ1) is 14.9. The van der Waals surface area contributed by atoms with Gasteiger partial charge in [-0.15, -0.1) is 0 Å². The fourth-order valence-electron chi connectivity index (χ4n) is 2.63. The topological polar surface area (TPSA) is 36.3 Å². The molecule has 1 unspecified atom stereocenters.